The fourth-order valence-corrected chi connectivity index (χ4v) is 3.47. The Bertz CT molecular complexity index is 1100. The van der Waals surface area contributed by atoms with Crippen molar-refractivity contribution in [2.24, 2.45) is 0 Å². The van der Waals surface area contributed by atoms with Crippen LogP contribution in [-0.2, 0) is 6.61 Å². The fraction of sp³-hybridized carbons (Fsp3) is 0.0625. The van der Waals surface area contributed by atoms with Crippen LogP contribution in [0.4, 0.5) is 8.78 Å². The second-order valence-electron chi connectivity index (χ2n) is 5.20. The molecule has 26 heavy (non-hydrogen) atoms. The number of halogens is 4. The van der Waals surface area contributed by atoms with Gasteiger partial charge in [-0.25, -0.2) is 8.78 Å². The lowest BCUT2D eigenvalue weighted by Gasteiger charge is -2.03. The van der Waals surface area contributed by atoms with E-state index in [1.807, 2.05) is 0 Å². The van der Waals surface area contributed by atoms with E-state index < -0.39 is 5.82 Å². The van der Waals surface area contributed by atoms with Crippen molar-refractivity contribution in [3.63, 3.8) is 0 Å². The molecule has 4 rings (SSSR count). The fourth-order valence-electron chi connectivity index (χ4n) is 2.25. The molecule has 132 valence electrons. The highest BCUT2D eigenvalue weighted by molar-refractivity contribution is 7.16. The second-order valence-corrected chi connectivity index (χ2v) is 7.06. The Hall–Kier alpha value is -2.29. The second kappa shape index (κ2) is 6.79. The molecule has 0 saturated carbocycles. The summed E-state index contributed by atoms with van der Waals surface area (Å²) in [6.07, 6.45) is 0. The van der Waals surface area contributed by atoms with E-state index in [9.17, 15) is 8.78 Å². The van der Waals surface area contributed by atoms with Crippen molar-refractivity contribution in [2.45, 2.75) is 6.61 Å². The molecule has 0 unspecified atom stereocenters. The normalized spacial score (nSPS) is 11.2. The molecule has 2 aromatic heterocycles. The zero-order valence-corrected chi connectivity index (χ0v) is 15.1. The summed E-state index contributed by atoms with van der Waals surface area (Å²) in [5.41, 5.74) is 0.331. The molecule has 4 aromatic rings. The van der Waals surface area contributed by atoms with Crippen molar-refractivity contribution in [3.8, 4) is 17.1 Å². The van der Waals surface area contributed by atoms with Gasteiger partial charge in [-0.2, -0.15) is 9.61 Å². The van der Waals surface area contributed by atoms with Gasteiger partial charge in [0.2, 0.25) is 4.96 Å². The number of fused-ring (bicyclic) bond motifs is 1. The van der Waals surface area contributed by atoms with Crippen molar-refractivity contribution in [2.75, 3.05) is 0 Å². The van der Waals surface area contributed by atoms with Crippen molar-refractivity contribution >= 4 is 39.5 Å². The monoisotopic (exact) mass is 412 g/mol. The topological polar surface area (TPSA) is 52.3 Å². The van der Waals surface area contributed by atoms with Crippen molar-refractivity contribution in [1.82, 2.24) is 19.8 Å². The molecular formula is C16H8Cl2F2N4OS. The van der Waals surface area contributed by atoms with Crippen LogP contribution in [0, 0.1) is 11.6 Å². The first kappa shape index (κ1) is 17.1. The van der Waals surface area contributed by atoms with Crippen molar-refractivity contribution < 1.29 is 13.5 Å². The van der Waals surface area contributed by atoms with Crippen LogP contribution in [0.25, 0.3) is 16.3 Å². The smallest absolute Gasteiger partial charge is 0.235 e. The quantitative estimate of drug-likeness (QED) is 0.441. The van der Waals surface area contributed by atoms with E-state index in [0.717, 1.165) is 0 Å². The van der Waals surface area contributed by atoms with Gasteiger partial charge in [0.25, 0.3) is 0 Å². The van der Waals surface area contributed by atoms with Gasteiger partial charge in [-0.05, 0) is 36.4 Å². The van der Waals surface area contributed by atoms with Gasteiger partial charge >= 0.3 is 0 Å². The van der Waals surface area contributed by atoms with Gasteiger partial charge in [-0.15, -0.1) is 10.2 Å². The maximum Gasteiger partial charge on any atom is 0.235 e. The third kappa shape index (κ3) is 3.23. The molecule has 0 spiro atoms. The standard InChI is InChI=1S/C16H8Cl2F2N4OS/c17-11-6-12(18)13(20)5-10(11)15-21-22-16-24(15)23-14(26-16)7-25-9-3-1-8(19)2-4-9/h1-6H,7H2. The number of benzene rings is 2. The molecule has 2 heterocycles. The summed E-state index contributed by atoms with van der Waals surface area (Å²) >= 11 is 13.1. The van der Waals surface area contributed by atoms with E-state index in [1.54, 1.807) is 0 Å². The summed E-state index contributed by atoms with van der Waals surface area (Å²) in [4.78, 5) is 0.504. The minimum atomic E-state index is -0.613. The number of hydrogen-bond acceptors (Lipinski definition) is 5. The lowest BCUT2D eigenvalue weighted by molar-refractivity contribution is 0.303. The summed E-state index contributed by atoms with van der Waals surface area (Å²) in [6, 6.07) is 8.16. The third-order valence-corrected chi connectivity index (χ3v) is 4.93. The van der Waals surface area contributed by atoms with Crippen LogP contribution in [0.15, 0.2) is 36.4 Å². The number of ether oxygens (including phenoxy) is 1. The highest BCUT2D eigenvalue weighted by atomic mass is 35.5. The first-order valence-corrected chi connectivity index (χ1v) is 8.83. The van der Waals surface area contributed by atoms with Crippen LogP contribution in [0.5, 0.6) is 5.75 Å². The lowest BCUT2D eigenvalue weighted by Crippen LogP contribution is -1.98. The van der Waals surface area contributed by atoms with Crippen LogP contribution < -0.4 is 4.74 Å². The summed E-state index contributed by atoms with van der Waals surface area (Å²) in [5.74, 6) is -0.143. The third-order valence-electron chi connectivity index (χ3n) is 3.46. The zero-order valence-electron chi connectivity index (χ0n) is 12.8. The average Bonchev–Trinajstić information content (AvgIpc) is 3.18. The largest absolute Gasteiger partial charge is 0.486 e. The maximum atomic E-state index is 13.8. The maximum absolute atomic E-state index is 13.8. The highest BCUT2D eigenvalue weighted by Crippen LogP contribution is 2.32. The van der Waals surface area contributed by atoms with E-state index in [4.69, 9.17) is 27.9 Å². The van der Waals surface area contributed by atoms with Gasteiger partial charge in [0.1, 0.15) is 24.0 Å². The Kier molecular flexibility index (Phi) is 4.47. The molecule has 0 saturated heterocycles. The molecule has 0 atom stereocenters. The predicted octanol–water partition coefficient (Wildman–Crippen LogP) is 5.02. The van der Waals surface area contributed by atoms with Crippen LogP contribution in [-0.4, -0.2) is 19.8 Å². The molecule has 0 aliphatic heterocycles. The summed E-state index contributed by atoms with van der Waals surface area (Å²) in [5, 5.41) is 13.2. The number of rotatable bonds is 4. The van der Waals surface area contributed by atoms with Gasteiger partial charge in [-0.3, -0.25) is 0 Å². The van der Waals surface area contributed by atoms with Crippen molar-refractivity contribution in [1.29, 1.82) is 0 Å². The van der Waals surface area contributed by atoms with Crippen LogP contribution >= 0.6 is 34.5 Å². The number of aromatic nitrogens is 4. The van der Waals surface area contributed by atoms with Crippen molar-refractivity contribution in [3.05, 3.63) is 63.1 Å². The molecule has 0 aliphatic rings. The molecule has 0 amide bonds. The van der Waals surface area contributed by atoms with Gasteiger partial charge in [0.05, 0.1) is 10.0 Å². The van der Waals surface area contributed by atoms with E-state index in [0.29, 0.717) is 27.1 Å². The SMILES string of the molecule is Fc1ccc(OCc2nn3c(-c4cc(F)c(Cl)cc4Cl)nnc3s2)cc1. The first-order chi connectivity index (χ1) is 12.5. The molecule has 0 bridgehead atoms. The molecule has 0 N–H and O–H groups in total. The lowest BCUT2D eigenvalue weighted by atomic mass is 10.2. The predicted molar refractivity (Wildman–Crippen MR) is 94.8 cm³/mol. The van der Waals surface area contributed by atoms with Gasteiger partial charge in [0, 0.05) is 5.56 Å². The zero-order chi connectivity index (χ0) is 18.3. The van der Waals surface area contributed by atoms with E-state index in [2.05, 4.69) is 15.3 Å². The Morgan fingerprint density at radius 2 is 1.81 bits per heavy atom. The molecule has 2 aromatic carbocycles. The van der Waals surface area contributed by atoms with E-state index >= 15 is 0 Å². The van der Waals surface area contributed by atoms with Gasteiger partial charge in [0.15, 0.2) is 10.8 Å². The molecule has 0 radical (unpaired) electrons. The Balaban J connectivity index is 1.63. The molecule has 0 aliphatic carbocycles. The Labute approximate surface area is 159 Å². The molecular weight excluding hydrogens is 405 g/mol. The van der Waals surface area contributed by atoms with Crippen LogP contribution in [0.3, 0.4) is 0 Å². The molecule has 10 heteroatoms. The van der Waals surface area contributed by atoms with E-state index in [1.165, 1.54) is 52.3 Å². The Morgan fingerprint density at radius 1 is 1.04 bits per heavy atom. The molecule has 0 fully saturated rings. The van der Waals surface area contributed by atoms with E-state index in [-0.39, 0.29) is 22.5 Å². The van der Waals surface area contributed by atoms with Gasteiger partial charge in [-0.1, -0.05) is 34.5 Å². The molecule has 5 nitrogen and oxygen atoms in total. The van der Waals surface area contributed by atoms with Gasteiger partial charge < -0.3 is 4.74 Å². The summed E-state index contributed by atoms with van der Waals surface area (Å²) in [6.45, 7) is 0.168. The van der Waals surface area contributed by atoms with Crippen LogP contribution in [0.1, 0.15) is 5.01 Å². The number of nitrogens with zero attached hydrogens (tertiary/aromatic N) is 4. The summed E-state index contributed by atoms with van der Waals surface area (Å²) in [7, 11) is 0. The highest BCUT2D eigenvalue weighted by Gasteiger charge is 2.18. The minimum absolute atomic E-state index is 0.0776. The number of hydrogen-bond donors (Lipinski definition) is 0. The van der Waals surface area contributed by atoms with Crippen LogP contribution in [0.2, 0.25) is 10.0 Å². The summed E-state index contributed by atoms with van der Waals surface area (Å²) < 4.78 is 33.7. The Morgan fingerprint density at radius 3 is 2.58 bits per heavy atom. The average molecular weight is 413 g/mol. The minimum Gasteiger partial charge on any atom is -0.486 e. The first-order valence-electron chi connectivity index (χ1n) is 7.25.